The largest absolute Gasteiger partial charge is 0.493 e. The van der Waals surface area contributed by atoms with Crippen molar-refractivity contribution in [3.8, 4) is 17.2 Å². The number of likely N-dealkylation sites (tertiary alicyclic amines) is 1. The molecule has 1 amide bonds. The lowest BCUT2D eigenvalue weighted by molar-refractivity contribution is 0.0627. The highest BCUT2D eigenvalue weighted by atomic mass is 16.7. The maximum Gasteiger partial charge on any atom is 0.410 e. The van der Waals surface area contributed by atoms with Gasteiger partial charge in [-0.1, -0.05) is 0 Å². The molecule has 3 aliphatic rings. The molecule has 3 heterocycles. The van der Waals surface area contributed by atoms with Gasteiger partial charge in [-0.15, -0.1) is 0 Å². The average molecular weight is 320 g/mol. The van der Waals surface area contributed by atoms with Gasteiger partial charge in [0.25, 0.3) is 0 Å². The van der Waals surface area contributed by atoms with Gasteiger partial charge in [0.2, 0.25) is 12.5 Å². The van der Waals surface area contributed by atoms with E-state index in [2.05, 4.69) is 4.90 Å². The lowest BCUT2D eigenvalue weighted by Crippen LogP contribution is -2.37. The van der Waals surface area contributed by atoms with Crippen molar-refractivity contribution >= 4 is 6.09 Å². The van der Waals surface area contributed by atoms with E-state index in [1.807, 2.05) is 12.1 Å². The third-order valence-electron chi connectivity index (χ3n) is 4.66. The summed E-state index contributed by atoms with van der Waals surface area (Å²) in [6, 6.07) is 3.97. The third kappa shape index (κ3) is 2.45. The number of nitrogens with zero attached hydrogens (tertiary/aromatic N) is 2. The van der Waals surface area contributed by atoms with Crippen LogP contribution in [0.4, 0.5) is 4.79 Å². The van der Waals surface area contributed by atoms with Crippen LogP contribution >= 0.6 is 0 Å². The first-order chi connectivity index (χ1) is 11.1. The van der Waals surface area contributed by atoms with Gasteiger partial charge in [0.05, 0.1) is 13.7 Å². The number of likely N-dealkylation sites (N-methyl/N-ethyl adjacent to an activating group) is 1. The summed E-state index contributed by atoms with van der Waals surface area (Å²) in [4.78, 5) is 15.6. The molecule has 7 nitrogen and oxygen atoms in total. The molecule has 0 saturated carbocycles. The van der Waals surface area contributed by atoms with Crippen molar-refractivity contribution in [2.24, 2.45) is 0 Å². The maximum atomic E-state index is 11.6. The molecule has 1 atom stereocenters. The molecule has 4 rings (SSSR count). The lowest BCUT2D eigenvalue weighted by atomic mass is 10.0. The van der Waals surface area contributed by atoms with Crippen molar-refractivity contribution in [1.82, 2.24) is 9.80 Å². The van der Waals surface area contributed by atoms with E-state index >= 15 is 0 Å². The molecular formula is C16H20N2O5. The molecule has 2 fully saturated rings. The number of benzene rings is 1. The Morgan fingerprint density at radius 2 is 2.17 bits per heavy atom. The van der Waals surface area contributed by atoms with Crippen molar-refractivity contribution in [3.63, 3.8) is 0 Å². The van der Waals surface area contributed by atoms with E-state index in [1.165, 1.54) is 0 Å². The van der Waals surface area contributed by atoms with E-state index in [1.54, 1.807) is 19.1 Å². The van der Waals surface area contributed by atoms with Gasteiger partial charge in [0.1, 0.15) is 5.60 Å². The first kappa shape index (κ1) is 14.4. The molecule has 3 aliphatic heterocycles. The van der Waals surface area contributed by atoms with Crippen LogP contribution in [0.3, 0.4) is 0 Å². The molecule has 2 saturated heterocycles. The number of rotatable bonds is 3. The van der Waals surface area contributed by atoms with Crippen LogP contribution in [0.5, 0.6) is 17.2 Å². The molecule has 1 unspecified atom stereocenters. The number of amides is 1. The lowest BCUT2D eigenvalue weighted by Gasteiger charge is -2.22. The first-order valence-corrected chi connectivity index (χ1v) is 7.71. The molecule has 1 aromatic rings. The van der Waals surface area contributed by atoms with Gasteiger partial charge in [0, 0.05) is 33.1 Å². The van der Waals surface area contributed by atoms with Gasteiger partial charge >= 0.3 is 6.09 Å². The Labute approximate surface area is 134 Å². The summed E-state index contributed by atoms with van der Waals surface area (Å²) in [5.74, 6) is 2.08. The van der Waals surface area contributed by atoms with Gasteiger partial charge in [-0.05, 0) is 17.7 Å². The fourth-order valence-corrected chi connectivity index (χ4v) is 3.60. The van der Waals surface area contributed by atoms with Gasteiger partial charge in [-0.25, -0.2) is 4.79 Å². The van der Waals surface area contributed by atoms with Crippen LogP contribution in [0.2, 0.25) is 0 Å². The molecule has 1 aromatic carbocycles. The Hall–Kier alpha value is -2.15. The topological polar surface area (TPSA) is 60.5 Å². The zero-order valence-electron chi connectivity index (χ0n) is 13.3. The molecule has 7 heteroatoms. The monoisotopic (exact) mass is 320 g/mol. The molecule has 0 aromatic heterocycles. The second-order valence-corrected chi connectivity index (χ2v) is 6.40. The Bertz CT molecular complexity index is 650. The standard InChI is InChI=1S/C16H20N2O5/c1-17-8-16(23-15(17)19)3-4-18(9-16)7-11-5-12(20-2)14-13(6-11)21-10-22-14/h5-6H,3-4,7-10H2,1-2H3. The number of hydrogen-bond donors (Lipinski definition) is 0. The Morgan fingerprint density at radius 1 is 1.30 bits per heavy atom. The molecular weight excluding hydrogens is 300 g/mol. The van der Waals surface area contributed by atoms with Crippen LogP contribution in [-0.4, -0.2) is 62.1 Å². The van der Waals surface area contributed by atoms with Crippen LogP contribution in [0.1, 0.15) is 12.0 Å². The second kappa shape index (κ2) is 5.19. The summed E-state index contributed by atoms with van der Waals surface area (Å²) in [6.45, 7) is 3.30. The quantitative estimate of drug-likeness (QED) is 0.840. The van der Waals surface area contributed by atoms with Crippen molar-refractivity contribution < 1.29 is 23.7 Å². The third-order valence-corrected chi connectivity index (χ3v) is 4.66. The summed E-state index contributed by atoms with van der Waals surface area (Å²) in [5.41, 5.74) is 0.743. The number of carbonyl (C=O) groups excluding carboxylic acids is 1. The molecule has 124 valence electrons. The van der Waals surface area contributed by atoms with Crippen LogP contribution in [0, 0.1) is 0 Å². The van der Waals surface area contributed by atoms with Gasteiger partial charge < -0.3 is 23.8 Å². The SMILES string of the molecule is COc1cc(CN2CCC3(C2)CN(C)C(=O)O3)cc2c1OCO2. The summed E-state index contributed by atoms with van der Waals surface area (Å²) in [6.07, 6.45) is 0.640. The summed E-state index contributed by atoms with van der Waals surface area (Å²) in [5, 5.41) is 0. The van der Waals surface area contributed by atoms with Crippen LogP contribution in [0.25, 0.3) is 0 Å². The molecule has 1 spiro atoms. The Morgan fingerprint density at radius 3 is 2.91 bits per heavy atom. The normalized spacial score (nSPS) is 26.2. The van der Waals surface area contributed by atoms with E-state index in [0.29, 0.717) is 18.0 Å². The van der Waals surface area contributed by atoms with E-state index in [0.717, 1.165) is 37.4 Å². The molecule has 0 bridgehead atoms. The van der Waals surface area contributed by atoms with Crippen LogP contribution in [-0.2, 0) is 11.3 Å². The van der Waals surface area contributed by atoms with Crippen molar-refractivity contribution in [3.05, 3.63) is 17.7 Å². The Balaban J connectivity index is 1.49. The second-order valence-electron chi connectivity index (χ2n) is 6.40. The number of carbonyl (C=O) groups is 1. The first-order valence-electron chi connectivity index (χ1n) is 7.71. The molecule has 23 heavy (non-hydrogen) atoms. The average Bonchev–Trinajstić information content (AvgIpc) is 3.19. The minimum Gasteiger partial charge on any atom is -0.493 e. The summed E-state index contributed by atoms with van der Waals surface area (Å²) in [7, 11) is 3.40. The number of methoxy groups -OCH3 is 1. The maximum absolute atomic E-state index is 11.6. The summed E-state index contributed by atoms with van der Waals surface area (Å²) < 4.78 is 21.9. The molecule has 0 aliphatic carbocycles. The Kier molecular flexibility index (Phi) is 3.26. The van der Waals surface area contributed by atoms with E-state index in [9.17, 15) is 4.79 Å². The van der Waals surface area contributed by atoms with Gasteiger partial charge in [-0.2, -0.15) is 0 Å². The summed E-state index contributed by atoms with van der Waals surface area (Å²) >= 11 is 0. The zero-order valence-corrected chi connectivity index (χ0v) is 13.3. The molecule has 0 N–H and O–H groups in total. The number of fused-ring (bicyclic) bond motifs is 1. The minimum atomic E-state index is -0.355. The fraction of sp³-hybridized carbons (Fsp3) is 0.562. The zero-order chi connectivity index (χ0) is 16.0. The molecule has 0 radical (unpaired) electrons. The predicted octanol–water partition coefficient (Wildman–Crippen LogP) is 1.45. The minimum absolute atomic E-state index is 0.225. The van der Waals surface area contributed by atoms with Crippen LogP contribution in [0.15, 0.2) is 12.1 Å². The smallest absolute Gasteiger partial charge is 0.410 e. The fourth-order valence-electron chi connectivity index (χ4n) is 3.60. The van der Waals surface area contributed by atoms with E-state index in [-0.39, 0.29) is 18.5 Å². The highest BCUT2D eigenvalue weighted by Gasteiger charge is 2.48. The van der Waals surface area contributed by atoms with E-state index in [4.69, 9.17) is 18.9 Å². The highest BCUT2D eigenvalue weighted by molar-refractivity contribution is 5.70. The van der Waals surface area contributed by atoms with Crippen molar-refractivity contribution in [2.45, 2.75) is 18.6 Å². The van der Waals surface area contributed by atoms with Crippen molar-refractivity contribution in [2.75, 3.05) is 40.6 Å². The van der Waals surface area contributed by atoms with Crippen molar-refractivity contribution in [1.29, 1.82) is 0 Å². The van der Waals surface area contributed by atoms with Gasteiger partial charge in [-0.3, -0.25) is 4.90 Å². The predicted molar refractivity (Wildman–Crippen MR) is 80.9 cm³/mol. The number of ether oxygens (including phenoxy) is 4. The van der Waals surface area contributed by atoms with Gasteiger partial charge in [0.15, 0.2) is 11.5 Å². The number of hydrogen-bond acceptors (Lipinski definition) is 6. The highest BCUT2D eigenvalue weighted by Crippen LogP contribution is 2.42. The van der Waals surface area contributed by atoms with Crippen LogP contribution < -0.4 is 14.2 Å². The van der Waals surface area contributed by atoms with E-state index < -0.39 is 0 Å².